The van der Waals surface area contributed by atoms with Crippen molar-refractivity contribution < 1.29 is 4.79 Å². The molecule has 0 saturated carbocycles. The fourth-order valence-corrected chi connectivity index (χ4v) is 3.68. The van der Waals surface area contributed by atoms with E-state index in [9.17, 15) is 4.79 Å². The Morgan fingerprint density at radius 1 is 1.30 bits per heavy atom. The number of thioether (sulfide) groups is 1. The molecule has 0 aliphatic rings. The van der Waals surface area contributed by atoms with Gasteiger partial charge in [0.05, 0.1) is 5.25 Å². The zero-order chi connectivity index (χ0) is 16.2. The van der Waals surface area contributed by atoms with Crippen molar-refractivity contribution in [2.45, 2.75) is 30.7 Å². The number of aryl methyl sites for hydroxylation is 1. The van der Waals surface area contributed by atoms with Crippen LogP contribution in [-0.2, 0) is 6.42 Å². The smallest absolute Gasteiger partial charge is 0.209 e. The van der Waals surface area contributed by atoms with E-state index in [0.717, 1.165) is 23.4 Å². The summed E-state index contributed by atoms with van der Waals surface area (Å²) in [7, 11) is 0. The average Bonchev–Trinajstić information content (AvgIpc) is 3.20. The maximum atomic E-state index is 12.4. The molecule has 118 valence electrons. The number of thiophene rings is 1. The van der Waals surface area contributed by atoms with E-state index in [-0.39, 0.29) is 11.0 Å². The van der Waals surface area contributed by atoms with Gasteiger partial charge in [-0.1, -0.05) is 47.7 Å². The highest BCUT2D eigenvalue weighted by Gasteiger charge is 2.18. The van der Waals surface area contributed by atoms with Crippen molar-refractivity contribution in [1.29, 1.82) is 0 Å². The Kier molecular flexibility index (Phi) is 4.93. The third kappa shape index (κ3) is 4.09. The molecule has 6 heteroatoms. The third-order valence-electron chi connectivity index (χ3n) is 3.42. The summed E-state index contributed by atoms with van der Waals surface area (Å²) in [5, 5.41) is 9.60. The molecule has 0 aliphatic carbocycles. The van der Waals surface area contributed by atoms with Crippen molar-refractivity contribution >= 4 is 28.9 Å². The summed E-state index contributed by atoms with van der Waals surface area (Å²) >= 11 is 3.08. The second-order valence-electron chi connectivity index (χ2n) is 5.31. The number of carbonyl (C=O) groups is 1. The number of Topliss-reactive ketones (excluding diaryl/α,β-unsaturated/α-hetero) is 1. The van der Waals surface area contributed by atoms with Gasteiger partial charge < -0.3 is 0 Å². The number of aromatic amines is 1. The van der Waals surface area contributed by atoms with E-state index in [1.165, 1.54) is 16.6 Å². The van der Waals surface area contributed by atoms with Gasteiger partial charge in [-0.3, -0.25) is 9.89 Å². The normalized spacial score (nSPS) is 12.3. The molecule has 0 fully saturated rings. The van der Waals surface area contributed by atoms with Crippen LogP contribution in [0.4, 0.5) is 0 Å². The van der Waals surface area contributed by atoms with Crippen molar-refractivity contribution in [1.82, 2.24) is 15.2 Å². The van der Waals surface area contributed by atoms with Gasteiger partial charge in [-0.15, -0.1) is 16.4 Å². The lowest BCUT2D eigenvalue weighted by Crippen LogP contribution is -2.13. The number of carbonyl (C=O) groups excluding carboxylic acids is 1. The molecule has 1 atom stereocenters. The first kappa shape index (κ1) is 16.0. The SMILES string of the molecule is Cc1ccc(C(=O)C(C)Sc2n[nH]c(Cc3cccs3)n2)cc1. The Balaban J connectivity index is 1.63. The van der Waals surface area contributed by atoms with E-state index >= 15 is 0 Å². The van der Waals surface area contributed by atoms with Gasteiger partial charge in [0.15, 0.2) is 5.78 Å². The molecule has 1 N–H and O–H groups in total. The monoisotopic (exact) mass is 343 g/mol. The van der Waals surface area contributed by atoms with Crippen LogP contribution >= 0.6 is 23.1 Å². The lowest BCUT2D eigenvalue weighted by Gasteiger charge is -2.07. The molecule has 0 spiro atoms. The van der Waals surface area contributed by atoms with Crippen LogP contribution in [0, 0.1) is 6.92 Å². The van der Waals surface area contributed by atoms with Gasteiger partial charge in [0.1, 0.15) is 5.82 Å². The number of nitrogens with one attached hydrogen (secondary N) is 1. The third-order valence-corrected chi connectivity index (χ3v) is 5.26. The minimum atomic E-state index is -0.219. The molecule has 0 aliphatic heterocycles. The molecule has 23 heavy (non-hydrogen) atoms. The van der Waals surface area contributed by atoms with Crippen molar-refractivity contribution in [3.63, 3.8) is 0 Å². The lowest BCUT2D eigenvalue weighted by molar-refractivity contribution is 0.0994. The second kappa shape index (κ2) is 7.10. The highest BCUT2D eigenvalue weighted by atomic mass is 32.2. The number of rotatable bonds is 6. The Morgan fingerprint density at radius 3 is 2.78 bits per heavy atom. The zero-order valence-electron chi connectivity index (χ0n) is 12.9. The van der Waals surface area contributed by atoms with Crippen molar-refractivity contribution in [2.75, 3.05) is 0 Å². The number of aromatic nitrogens is 3. The summed E-state index contributed by atoms with van der Waals surface area (Å²) in [5.74, 6) is 0.921. The molecule has 3 aromatic rings. The topological polar surface area (TPSA) is 58.6 Å². The molecule has 0 saturated heterocycles. The molecule has 3 rings (SSSR count). The van der Waals surface area contributed by atoms with Crippen LogP contribution in [0.3, 0.4) is 0 Å². The maximum Gasteiger partial charge on any atom is 0.209 e. The van der Waals surface area contributed by atoms with E-state index in [2.05, 4.69) is 21.2 Å². The predicted octanol–water partition coefficient (Wildman–Crippen LogP) is 4.13. The van der Waals surface area contributed by atoms with Crippen LogP contribution < -0.4 is 0 Å². The quantitative estimate of drug-likeness (QED) is 0.540. The number of hydrogen-bond donors (Lipinski definition) is 1. The van der Waals surface area contributed by atoms with Gasteiger partial charge in [-0.25, -0.2) is 4.98 Å². The van der Waals surface area contributed by atoms with Crippen molar-refractivity contribution in [3.8, 4) is 0 Å². The van der Waals surface area contributed by atoms with Gasteiger partial charge in [0, 0.05) is 16.9 Å². The van der Waals surface area contributed by atoms with E-state index in [0.29, 0.717) is 5.16 Å². The van der Waals surface area contributed by atoms with E-state index in [1.54, 1.807) is 11.3 Å². The van der Waals surface area contributed by atoms with Gasteiger partial charge in [0.25, 0.3) is 0 Å². The van der Waals surface area contributed by atoms with Gasteiger partial charge >= 0.3 is 0 Å². The standard InChI is InChI=1S/C17H17N3OS2/c1-11-5-7-13(8-6-11)16(21)12(2)23-17-18-15(19-20-17)10-14-4-3-9-22-14/h3-9,12H,10H2,1-2H3,(H,18,19,20). The Bertz CT molecular complexity index is 779. The lowest BCUT2D eigenvalue weighted by atomic mass is 10.1. The summed E-state index contributed by atoms with van der Waals surface area (Å²) < 4.78 is 0. The molecule has 1 aromatic carbocycles. The van der Waals surface area contributed by atoms with Crippen LogP contribution in [0.2, 0.25) is 0 Å². The van der Waals surface area contributed by atoms with Crippen LogP contribution in [0.15, 0.2) is 46.9 Å². The first-order valence-electron chi connectivity index (χ1n) is 7.33. The Morgan fingerprint density at radius 2 is 2.09 bits per heavy atom. The molecule has 4 nitrogen and oxygen atoms in total. The number of ketones is 1. The summed E-state index contributed by atoms with van der Waals surface area (Å²) in [6.45, 7) is 3.90. The zero-order valence-corrected chi connectivity index (χ0v) is 14.6. The molecule has 2 aromatic heterocycles. The fraction of sp³-hybridized carbons (Fsp3) is 0.235. The molecule has 1 unspecified atom stereocenters. The van der Waals surface area contributed by atoms with E-state index in [4.69, 9.17) is 0 Å². The summed E-state index contributed by atoms with van der Waals surface area (Å²) in [6, 6.07) is 11.7. The number of H-pyrrole nitrogens is 1. The minimum Gasteiger partial charge on any atom is -0.293 e. The highest BCUT2D eigenvalue weighted by molar-refractivity contribution is 8.00. The predicted molar refractivity (Wildman–Crippen MR) is 94.3 cm³/mol. The first-order chi connectivity index (χ1) is 11.1. The molecular formula is C17H17N3OS2. The number of nitrogens with zero attached hydrogens (tertiary/aromatic N) is 2. The minimum absolute atomic E-state index is 0.0969. The fourth-order valence-electron chi connectivity index (χ4n) is 2.15. The summed E-state index contributed by atoms with van der Waals surface area (Å²) in [5.41, 5.74) is 1.87. The number of benzene rings is 1. The van der Waals surface area contributed by atoms with Crippen LogP contribution in [0.25, 0.3) is 0 Å². The van der Waals surface area contributed by atoms with Gasteiger partial charge in [-0.2, -0.15) is 0 Å². The van der Waals surface area contributed by atoms with Gasteiger partial charge in [-0.05, 0) is 25.3 Å². The number of hydrogen-bond acceptors (Lipinski definition) is 5. The van der Waals surface area contributed by atoms with Crippen LogP contribution in [-0.4, -0.2) is 26.2 Å². The van der Waals surface area contributed by atoms with Crippen LogP contribution in [0.1, 0.15) is 33.5 Å². The molecule has 0 bridgehead atoms. The average molecular weight is 343 g/mol. The second-order valence-corrected chi connectivity index (χ2v) is 7.65. The molecular weight excluding hydrogens is 326 g/mol. The summed E-state index contributed by atoms with van der Waals surface area (Å²) in [4.78, 5) is 18.1. The van der Waals surface area contributed by atoms with Crippen molar-refractivity contribution in [2.24, 2.45) is 0 Å². The van der Waals surface area contributed by atoms with E-state index in [1.807, 2.05) is 49.6 Å². The Hall–Kier alpha value is -1.92. The molecule has 2 heterocycles. The Labute approximate surface area is 143 Å². The van der Waals surface area contributed by atoms with Crippen LogP contribution in [0.5, 0.6) is 0 Å². The van der Waals surface area contributed by atoms with Gasteiger partial charge in [0.2, 0.25) is 5.16 Å². The largest absolute Gasteiger partial charge is 0.293 e. The highest BCUT2D eigenvalue weighted by Crippen LogP contribution is 2.23. The molecule has 0 amide bonds. The first-order valence-corrected chi connectivity index (χ1v) is 9.09. The van der Waals surface area contributed by atoms with E-state index < -0.39 is 0 Å². The van der Waals surface area contributed by atoms with Crippen molar-refractivity contribution in [3.05, 3.63) is 63.6 Å². The maximum absolute atomic E-state index is 12.4. The molecule has 0 radical (unpaired) electrons. The summed E-state index contributed by atoms with van der Waals surface area (Å²) in [6.07, 6.45) is 0.742.